The Morgan fingerprint density at radius 1 is 1.47 bits per heavy atom. The highest BCUT2D eigenvalue weighted by molar-refractivity contribution is 7.80. The summed E-state index contributed by atoms with van der Waals surface area (Å²) in [5.74, 6) is 0.219. The maximum absolute atomic E-state index is 13.2. The van der Waals surface area contributed by atoms with Crippen molar-refractivity contribution in [2.45, 2.75) is 20.8 Å². The summed E-state index contributed by atoms with van der Waals surface area (Å²) in [6, 6.07) is 4.59. The molecule has 0 unspecified atom stereocenters. The number of hydrogen-bond acceptors (Lipinski definition) is 2. The van der Waals surface area contributed by atoms with E-state index in [2.05, 4.69) is 25.7 Å². The predicted octanol–water partition coefficient (Wildman–Crippen LogP) is 2.94. The van der Waals surface area contributed by atoms with E-state index < -0.39 is 0 Å². The molecule has 0 bridgehead atoms. The Balaban J connectivity index is 3.14. The average molecular weight is 254 g/mol. The highest BCUT2D eigenvalue weighted by Crippen LogP contribution is 2.22. The molecule has 1 aromatic carbocycles. The topological polar surface area (TPSA) is 29.3 Å². The fourth-order valence-corrected chi connectivity index (χ4v) is 1.98. The monoisotopic (exact) mass is 254 g/mol. The number of nitrogens with zero attached hydrogens (tertiary/aromatic N) is 1. The van der Waals surface area contributed by atoms with Crippen LogP contribution in [0, 0.1) is 11.7 Å². The lowest BCUT2D eigenvalue weighted by Crippen LogP contribution is -2.29. The van der Waals surface area contributed by atoms with Gasteiger partial charge in [0.25, 0.3) is 0 Å². The largest absolute Gasteiger partial charge is 0.389 e. The van der Waals surface area contributed by atoms with Crippen LogP contribution in [-0.2, 0) is 0 Å². The molecule has 0 aliphatic rings. The van der Waals surface area contributed by atoms with Crippen LogP contribution in [-0.4, -0.2) is 18.1 Å². The molecule has 1 rings (SSSR count). The number of rotatable bonds is 5. The second-order valence-electron chi connectivity index (χ2n) is 4.46. The van der Waals surface area contributed by atoms with Crippen molar-refractivity contribution in [2.24, 2.45) is 11.7 Å². The van der Waals surface area contributed by atoms with E-state index in [1.165, 1.54) is 12.1 Å². The molecule has 2 N–H and O–H groups in total. The molecular formula is C13H19FN2S. The Labute approximate surface area is 108 Å². The fraction of sp³-hybridized carbons (Fsp3) is 0.462. The minimum atomic E-state index is -0.308. The normalized spacial score (nSPS) is 10.6. The zero-order chi connectivity index (χ0) is 13.0. The Morgan fingerprint density at radius 3 is 2.59 bits per heavy atom. The fourth-order valence-electron chi connectivity index (χ4n) is 1.82. The zero-order valence-corrected chi connectivity index (χ0v) is 11.4. The van der Waals surface area contributed by atoms with Crippen LogP contribution in [0.2, 0.25) is 0 Å². The number of halogens is 1. The molecule has 0 radical (unpaired) electrons. The van der Waals surface area contributed by atoms with Gasteiger partial charge in [0.2, 0.25) is 0 Å². The van der Waals surface area contributed by atoms with Gasteiger partial charge in [0, 0.05) is 24.3 Å². The second kappa shape index (κ2) is 5.96. The molecule has 94 valence electrons. The number of nitrogens with two attached hydrogens (primary N) is 1. The molecule has 0 aromatic heterocycles. The quantitative estimate of drug-likeness (QED) is 0.819. The third kappa shape index (κ3) is 3.66. The molecule has 0 aliphatic carbocycles. The first kappa shape index (κ1) is 13.9. The van der Waals surface area contributed by atoms with Gasteiger partial charge in [0.15, 0.2) is 0 Å². The van der Waals surface area contributed by atoms with Crippen LogP contribution in [0.1, 0.15) is 26.3 Å². The van der Waals surface area contributed by atoms with E-state index in [-0.39, 0.29) is 10.8 Å². The van der Waals surface area contributed by atoms with Crippen molar-refractivity contribution < 1.29 is 4.39 Å². The van der Waals surface area contributed by atoms with E-state index in [9.17, 15) is 4.39 Å². The van der Waals surface area contributed by atoms with Gasteiger partial charge in [-0.05, 0) is 31.0 Å². The Morgan fingerprint density at radius 2 is 2.12 bits per heavy atom. The van der Waals surface area contributed by atoms with Crippen molar-refractivity contribution in [2.75, 3.05) is 18.0 Å². The maximum atomic E-state index is 13.2. The summed E-state index contributed by atoms with van der Waals surface area (Å²) in [7, 11) is 0. The molecule has 4 heteroatoms. The van der Waals surface area contributed by atoms with Crippen LogP contribution >= 0.6 is 12.2 Å². The molecule has 0 aliphatic heterocycles. The summed E-state index contributed by atoms with van der Waals surface area (Å²) in [6.45, 7) is 8.10. The lowest BCUT2D eigenvalue weighted by molar-refractivity contribution is 0.613. The van der Waals surface area contributed by atoms with Crippen molar-refractivity contribution in [3.8, 4) is 0 Å². The molecule has 0 saturated heterocycles. The summed E-state index contributed by atoms with van der Waals surface area (Å²) >= 11 is 4.97. The number of anilines is 1. The first-order valence-corrected chi connectivity index (χ1v) is 6.20. The Bertz CT molecular complexity index is 404. The summed E-state index contributed by atoms with van der Waals surface area (Å²) < 4.78 is 13.2. The third-order valence-electron chi connectivity index (χ3n) is 2.53. The molecule has 0 heterocycles. The molecule has 0 fully saturated rings. The van der Waals surface area contributed by atoms with E-state index in [1.807, 2.05) is 0 Å². The van der Waals surface area contributed by atoms with E-state index in [4.69, 9.17) is 18.0 Å². The van der Waals surface area contributed by atoms with Gasteiger partial charge in [-0.1, -0.05) is 26.1 Å². The van der Waals surface area contributed by atoms with Crippen LogP contribution < -0.4 is 10.6 Å². The van der Waals surface area contributed by atoms with Crippen molar-refractivity contribution in [3.05, 3.63) is 29.6 Å². The lowest BCUT2D eigenvalue weighted by Gasteiger charge is -2.27. The van der Waals surface area contributed by atoms with Gasteiger partial charge in [-0.15, -0.1) is 0 Å². The van der Waals surface area contributed by atoms with Crippen LogP contribution in [0.15, 0.2) is 18.2 Å². The van der Waals surface area contributed by atoms with Gasteiger partial charge < -0.3 is 10.6 Å². The third-order valence-corrected chi connectivity index (χ3v) is 2.75. The van der Waals surface area contributed by atoms with E-state index >= 15 is 0 Å². The van der Waals surface area contributed by atoms with Crippen LogP contribution in [0.25, 0.3) is 0 Å². The minimum Gasteiger partial charge on any atom is -0.389 e. The summed E-state index contributed by atoms with van der Waals surface area (Å²) in [6.07, 6.45) is 0. The number of benzene rings is 1. The van der Waals surface area contributed by atoms with Crippen LogP contribution in [0.5, 0.6) is 0 Å². The SMILES string of the molecule is CCN(CC(C)C)c1ccc(F)cc1C(N)=S. The van der Waals surface area contributed by atoms with Crippen molar-refractivity contribution in [3.63, 3.8) is 0 Å². The first-order valence-electron chi connectivity index (χ1n) is 5.80. The summed E-state index contributed by atoms with van der Waals surface area (Å²) in [5, 5.41) is 0. The maximum Gasteiger partial charge on any atom is 0.124 e. The highest BCUT2D eigenvalue weighted by atomic mass is 32.1. The Kier molecular flexibility index (Phi) is 4.87. The number of hydrogen-bond donors (Lipinski definition) is 1. The van der Waals surface area contributed by atoms with Crippen LogP contribution in [0.4, 0.5) is 10.1 Å². The Hall–Kier alpha value is -1.16. The van der Waals surface area contributed by atoms with Gasteiger partial charge in [0.1, 0.15) is 10.8 Å². The van der Waals surface area contributed by atoms with Crippen LogP contribution in [0.3, 0.4) is 0 Å². The van der Waals surface area contributed by atoms with Gasteiger partial charge in [-0.3, -0.25) is 0 Å². The summed E-state index contributed by atoms with van der Waals surface area (Å²) in [4.78, 5) is 2.40. The van der Waals surface area contributed by atoms with Crippen molar-refractivity contribution in [1.29, 1.82) is 0 Å². The second-order valence-corrected chi connectivity index (χ2v) is 4.90. The molecular weight excluding hydrogens is 235 g/mol. The smallest absolute Gasteiger partial charge is 0.124 e. The van der Waals surface area contributed by atoms with E-state index in [1.54, 1.807) is 6.07 Å². The van der Waals surface area contributed by atoms with Gasteiger partial charge in [-0.25, -0.2) is 4.39 Å². The summed E-state index contributed by atoms with van der Waals surface area (Å²) in [5.41, 5.74) is 7.17. The van der Waals surface area contributed by atoms with Crippen molar-refractivity contribution >= 4 is 22.9 Å². The number of thiocarbonyl (C=S) groups is 1. The molecule has 0 amide bonds. The van der Waals surface area contributed by atoms with E-state index in [0.29, 0.717) is 11.5 Å². The van der Waals surface area contributed by atoms with Gasteiger partial charge >= 0.3 is 0 Å². The molecule has 17 heavy (non-hydrogen) atoms. The molecule has 0 atom stereocenters. The van der Waals surface area contributed by atoms with Gasteiger partial charge in [0.05, 0.1) is 0 Å². The lowest BCUT2D eigenvalue weighted by atomic mass is 10.1. The molecule has 1 aromatic rings. The molecule has 2 nitrogen and oxygen atoms in total. The highest BCUT2D eigenvalue weighted by Gasteiger charge is 2.13. The molecule has 0 saturated carbocycles. The van der Waals surface area contributed by atoms with Gasteiger partial charge in [-0.2, -0.15) is 0 Å². The zero-order valence-electron chi connectivity index (χ0n) is 10.5. The van der Waals surface area contributed by atoms with E-state index in [0.717, 1.165) is 18.8 Å². The predicted molar refractivity (Wildman–Crippen MR) is 75.0 cm³/mol. The standard InChI is InChI=1S/C13H19FN2S/c1-4-16(8-9(2)3)12-6-5-10(14)7-11(12)13(15)17/h5-7,9H,4,8H2,1-3H3,(H2,15,17). The molecule has 0 spiro atoms. The van der Waals surface area contributed by atoms with Crippen molar-refractivity contribution in [1.82, 2.24) is 0 Å². The minimum absolute atomic E-state index is 0.238. The first-order chi connectivity index (χ1) is 7.95. The average Bonchev–Trinajstić information content (AvgIpc) is 2.25.